The molecule has 2 aromatic rings. The van der Waals surface area contributed by atoms with Gasteiger partial charge in [0, 0.05) is 11.4 Å². The van der Waals surface area contributed by atoms with E-state index in [1.807, 2.05) is 0 Å². The van der Waals surface area contributed by atoms with Gasteiger partial charge in [-0.05, 0) is 42.5 Å². The summed E-state index contributed by atoms with van der Waals surface area (Å²) in [4.78, 5) is -0.478. The van der Waals surface area contributed by atoms with Gasteiger partial charge in [0.1, 0.15) is 0 Å². The monoisotopic (exact) mass is 327 g/mol. The maximum atomic E-state index is 12.2. The van der Waals surface area contributed by atoms with Crippen LogP contribution in [0.15, 0.2) is 58.3 Å². The Kier molecular flexibility index (Phi) is 3.90. The quantitative estimate of drug-likeness (QED) is 0.712. The number of anilines is 2. The van der Waals surface area contributed by atoms with Gasteiger partial charge in [-0.15, -0.1) is 0 Å². The maximum absolute atomic E-state index is 12.2. The van der Waals surface area contributed by atoms with Gasteiger partial charge in [-0.1, -0.05) is 6.07 Å². The van der Waals surface area contributed by atoms with Crippen LogP contribution in [0.1, 0.15) is 0 Å². The number of hydrogen-bond acceptors (Lipinski definition) is 5. The van der Waals surface area contributed by atoms with Crippen LogP contribution >= 0.6 is 0 Å². The van der Waals surface area contributed by atoms with E-state index in [0.717, 1.165) is 6.07 Å². The summed E-state index contributed by atoms with van der Waals surface area (Å²) in [6.45, 7) is 0. The Labute approximate surface area is 122 Å². The predicted molar refractivity (Wildman–Crippen MR) is 79.5 cm³/mol. The molecular formula is C12H13N3O4S2. The third kappa shape index (κ3) is 3.72. The summed E-state index contributed by atoms with van der Waals surface area (Å²) in [5.74, 6) is 0. The van der Waals surface area contributed by atoms with Gasteiger partial charge in [0.15, 0.2) is 0 Å². The molecule has 5 N–H and O–H groups in total. The Morgan fingerprint density at radius 3 is 2.00 bits per heavy atom. The van der Waals surface area contributed by atoms with E-state index >= 15 is 0 Å². The molecule has 112 valence electrons. The van der Waals surface area contributed by atoms with Gasteiger partial charge < -0.3 is 5.73 Å². The number of hydrogen-bond donors (Lipinski definition) is 3. The highest BCUT2D eigenvalue weighted by molar-refractivity contribution is 7.93. The summed E-state index contributed by atoms with van der Waals surface area (Å²) in [5.41, 5.74) is 6.32. The smallest absolute Gasteiger partial charge is 0.261 e. The highest BCUT2D eigenvalue weighted by Gasteiger charge is 2.17. The van der Waals surface area contributed by atoms with Crippen molar-refractivity contribution in [2.24, 2.45) is 5.14 Å². The Hall–Kier alpha value is -2.10. The third-order valence-corrected chi connectivity index (χ3v) is 4.90. The molecule has 0 amide bonds. The number of rotatable bonds is 4. The molecule has 0 fully saturated rings. The molecule has 0 atom stereocenters. The van der Waals surface area contributed by atoms with Crippen molar-refractivity contribution in [2.45, 2.75) is 9.79 Å². The molecule has 0 spiro atoms. The SMILES string of the molecule is Nc1ccc(NS(=O)(=O)c2cccc(S(N)(=O)=O)c2)cc1. The first kappa shape index (κ1) is 15.3. The number of nitrogens with two attached hydrogens (primary N) is 2. The number of nitrogens with one attached hydrogen (secondary N) is 1. The lowest BCUT2D eigenvalue weighted by atomic mass is 10.3. The minimum atomic E-state index is -3.97. The number of nitrogen functional groups attached to an aromatic ring is 1. The zero-order valence-corrected chi connectivity index (χ0v) is 12.4. The lowest BCUT2D eigenvalue weighted by Gasteiger charge is -2.09. The zero-order chi connectivity index (χ0) is 15.7. The molecule has 0 saturated carbocycles. The van der Waals surface area contributed by atoms with Crippen molar-refractivity contribution >= 4 is 31.4 Å². The fourth-order valence-corrected chi connectivity index (χ4v) is 3.32. The Balaban J connectivity index is 2.38. The number of benzene rings is 2. The molecule has 0 aromatic heterocycles. The molecule has 0 aliphatic carbocycles. The van der Waals surface area contributed by atoms with Crippen LogP contribution in [-0.4, -0.2) is 16.8 Å². The first-order valence-corrected chi connectivity index (χ1v) is 8.73. The van der Waals surface area contributed by atoms with E-state index in [2.05, 4.69) is 4.72 Å². The number of primary sulfonamides is 1. The Morgan fingerprint density at radius 1 is 0.857 bits per heavy atom. The molecule has 0 aliphatic heterocycles. The van der Waals surface area contributed by atoms with Gasteiger partial charge >= 0.3 is 0 Å². The normalized spacial score (nSPS) is 12.0. The van der Waals surface area contributed by atoms with Crippen LogP contribution in [0.4, 0.5) is 11.4 Å². The van der Waals surface area contributed by atoms with Gasteiger partial charge in [-0.25, -0.2) is 22.0 Å². The van der Waals surface area contributed by atoms with Crippen molar-refractivity contribution in [1.29, 1.82) is 0 Å². The van der Waals surface area contributed by atoms with E-state index in [9.17, 15) is 16.8 Å². The summed E-state index contributed by atoms with van der Waals surface area (Å²) in [5, 5.41) is 4.98. The van der Waals surface area contributed by atoms with Crippen LogP contribution in [-0.2, 0) is 20.0 Å². The molecule has 0 aliphatic rings. The van der Waals surface area contributed by atoms with Crippen LogP contribution in [0, 0.1) is 0 Å². The first-order chi connectivity index (χ1) is 9.68. The van der Waals surface area contributed by atoms with E-state index in [1.165, 1.54) is 30.3 Å². The lowest BCUT2D eigenvalue weighted by Crippen LogP contribution is -2.16. The molecule has 0 unspecified atom stereocenters. The topological polar surface area (TPSA) is 132 Å². The van der Waals surface area contributed by atoms with Crippen molar-refractivity contribution in [3.8, 4) is 0 Å². The second-order valence-corrected chi connectivity index (χ2v) is 7.49. The molecule has 2 rings (SSSR count). The van der Waals surface area contributed by atoms with Crippen LogP contribution in [0.25, 0.3) is 0 Å². The molecule has 0 heterocycles. The average Bonchev–Trinajstić information content (AvgIpc) is 2.40. The molecule has 0 bridgehead atoms. The Bertz CT molecular complexity index is 860. The van der Waals surface area contributed by atoms with Gasteiger partial charge in [-0.3, -0.25) is 4.72 Å². The summed E-state index contributed by atoms with van der Waals surface area (Å²) < 4.78 is 49.2. The van der Waals surface area contributed by atoms with Crippen molar-refractivity contribution in [3.05, 3.63) is 48.5 Å². The standard InChI is InChI=1S/C12H13N3O4S2/c13-9-4-6-10(7-5-9)15-21(18,19)12-3-1-2-11(8-12)20(14,16)17/h1-8,15H,13H2,(H2,14,16,17). The molecule has 9 heteroatoms. The minimum absolute atomic E-state index is 0.203. The van der Waals surface area contributed by atoms with Crippen LogP contribution in [0.5, 0.6) is 0 Å². The van der Waals surface area contributed by atoms with E-state index in [-0.39, 0.29) is 9.79 Å². The van der Waals surface area contributed by atoms with Crippen molar-refractivity contribution in [2.75, 3.05) is 10.5 Å². The molecule has 0 saturated heterocycles. The number of sulfonamides is 2. The van der Waals surface area contributed by atoms with E-state index in [4.69, 9.17) is 10.9 Å². The molecular weight excluding hydrogens is 314 g/mol. The van der Waals surface area contributed by atoms with Crippen molar-refractivity contribution in [1.82, 2.24) is 0 Å². The average molecular weight is 327 g/mol. The molecule has 0 radical (unpaired) electrons. The minimum Gasteiger partial charge on any atom is -0.399 e. The van der Waals surface area contributed by atoms with Gasteiger partial charge in [0.2, 0.25) is 10.0 Å². The van der Waals surface area contributed by atoms with Crippen LogP contribution in [0.2, 0.25) is 0 Å². The summed E-state index contributed by atoms with van der Waals surface area (Å²) in [7, 11) is -7.89. The van der Waals surface area contributed by atoms with Crippen molar-refractivity contribution in [3.63, 3.8) is 0 Å². The summed E-state index contributed by atoms with van der Waals surface area (Å²) >= 11 is 0. The Morgan fingerprint density at radius 2 is 1.43 bits per heavy atom. The fourth-order valence-electron chi connectivity index (χ4n) is 1.58. The molecule has 2 aromatic carbocycles. The van der Waals surface area contributed by atoms with Gasteiger partial charge in [0.05, 0.1) is 9.79 Å². The highest BCUT2D eigenvalue weighted by Crippen LogP contribution is 2.19. The van der Waals surface area contributed by atoms with Gasteiger partial charge in [-0.2, -0.15) is 0 Å². The van der Waals surface area contributed by atoms with Crippen LogP contribution in [0.3, 0.4) is 0 Å². The summed E-state index contributed by atoms with van der Waals surface area (Å²) in [6, 6.07) is 10.9. The summed E-state index contributed by atoms with van der Waals surface area (Å²) in [6.07, 6.45) is 0. The lowest BCUT2D eigenvalue weighted by molar-refractivity contribution is 0.597. The van der Waals surface area contributed by atoms with Crippen LogP contribution < -0.4 is 15.6 Å². The zero-order valence-electron chi connectivity index (χ0n) is 10.7. The first-order valence-electron chi connectivity index (χ1n) is 5.70. The van der Waals surface area contributed by atoms with Crippen molar-refractivity contribution < 1.29 is 16.8 Å². The maximum Gasteiger partial charge on any atom is 0.261 e. The second-order valence-electron chi connectivity index (χ2n) is 4.25. The second kappa shape index (κ2) is 5.35. The molecule has 7 nitrogen and oxygen atoms in total. The predicted octanol–water partition coefficient (Wildman–Crippen LogP) is 0.717. The third-order valence-electron chi connectivity index (χ3n) is 2.61. The van der Waals surface area contributed by atoms with E-state index < -0.39 is 20.0 Å². The van der Waals surface area contributed by atoms with Gasteiger partial charge in [0.25, 0.3) is 10.0 Å². The fraction of sp³-hybridized carbons (Fsp3) is 0. The molecule has 21 heavy (non-hydrogen) atoms. The highest BCUT2D eigenvalue weighted by atomic mass is 32.2. The largest absolute Gasteiger partial charge is 0.399 e. The van der Waals surface area contributed by atoms with E-state index in [1.54, 1.807) is 12.1 Å². The van der Waals surface area contributed by atoms with E-state index in [0.29, 0.717) is 11.4 Å².